The number of nitrogens with one attached hydrogen (secondary N) is 1. The molecule has 0 bridgehead atoms. The predicted molar refractivity (Wildman–Crippen MR) is 61.1 cm³/mol. The van der Waals surface area contributed by atoms with E-state index in [0.717, 1.165) is 0 Å². The number of carbonyl (C=O) groups excluding carboxylic acids is 2. The number of alkyl halides is 1. The molecule has 0 saturated carbocycles. The van der Waals surface area contributed by atoms with Gasteiger partial charge in [0, 0.05) is 23.0 Å². The molecule has 0 aromatic heterocycles. The summed E-state index contributed by atoms with van der Waals surface area (Å²) in [4.78, 5) is 22.2. The van der Waals surface area contributed by atoms with E-state index >= 15 is 0 Å². The van der Waals surface area contributed by atoms with Crippen LogP contribution >= 0.6 is 15.9 Å². The van der Waals surface area contributed by atoms with Crippen LogP contribution < -0.4 is 11.1 Å². The highest BCUT2D eigenvalue weighted by atomic mass is 79.9. The molecule has 0 spiro atoms. The van der Waals surface area contributed by atoms with Crippen LogP contribution in [0.15, 0.2) is 24.3 Å². The molecule has 3 N–H and O–H groups in total. The number of carbonyl (C=O) groups is 2. The van der Waals surface area contributed by atoms with Gasteiger partial charge in [0.15, 0.2) is 0 Å². The molecule has 0 unspecified atom stereocenters. The van der Waals surface area contributed by atoms with Crippen LogP contribution in [0.25, 0.3) is 0 Å². The Morgan fingerprint density at radius 3 is 2.20 bits per heavy atom. The highest BCUT2D eigenvalue weighted by Gasteiger charge is 2.05. The Labute approximate surface area is 96.0 Å². The van der Waals surface area contributed by atoms with Gasteiger partial charge in [-0.1, -0.05) is 15.9 Å². The van der Waals surface area contributed by atoms with Crippen LogP contribution in [0.3, 0.4) is 0 Å². The van der Waals surface area contributed by atoms with Crippen molar-refractivity contribution < 1.29 is 9.59 Å². The Morgan fingerprint density at radius 2 is 1.73 bits per heavy atom. The lowest BCUT2D eigenvalue weighted by atomic mass is 10.1. The maximum atomic E-state index is 11.4. The van der Waals surface area contributed by atoms with Crippen molar-refractivity contribution in [3.05, 3.63) is 35.4 Å². The zero-order valence-electron chi connectivity index (χ0n) is 8.00. The standard InChI is InChI=1S/C10H11BrN2O2/c11-5-6-13-10(15)8-3-1-7(2-4-8)9(12)14/h1-4H,5-6H2,(H2,12,14)(H,13,15). The SMILES string of the molecule is NC(=O)c1ccc(C(=O)NCCBr)cc1. The molecule has 5 heteroatoms. The van der Waals surface area contributed by atoms with Crippen LogP contribution in [0.5, 0.6) is 0 Å². The van der Waals surface area contributed by atoms with E-state index in [2.05, 4.69) is 21.2 Å². The van der Waals surface area contributed by atoms with E-state index in [-0.39, 0.29) is 5.91 Å². The molecule has 15 heavy (non-hydrogen) atoms. The molecule has 0 fully saturated rings. The van der Waals surface area contributed by atoms with Gasteiger partial charge in [-0.05, 0) is 24.3 Å². The van der Waals surface area contributed by atoms with Gasteiger partial charge >= 0.3 is 0 Å². The van der Waals surface area contributed by atoms with E-state index in [4.69, 9.17) is 5.73 Å². The van der Waals surface area contributed by atoms with Crippen molar-refractivity contribution in [3.63, 3.8) is 0 Å². The van der Waals surface area contributed by atoms with Crippen LogP contribution in [0, 0.1) is 0 Å². The van der Waals surface area contributed by atoms with Gasteiger partial charge < -0.3 is 11.1 Å². The Balaban J connectivity index is 2.71. The van der Waals surface area contributed by atoms with Crippen molar-refractivity contribution >= 4 is 27.7 Å². The summed E-state index contributed by atoms with van der Waals surface area (Å²) in [6.45, 7) is 0.566. The summed E-state index contributed by atoms with van der Waals surface area (Å²) in [6, 6.07) is 6.21. The number of hydrogen-bond acceptors (Lipinski definition) is 2. The van der Waals surface area contributed by atoms with Gasteiger partial charge in [-0.25, -0.2) is 0 Å². The van der Waals surface area contributed by atoms with Crippen LogP contribution in [0.4, 0.5) is 0 Å². The molecule has 0 aliphatic heterocycles. The summed E-state index contributed by atoms with van der Waals surface area (Å²) in [5.74, 6) is -0.659. The second-order valence-corrected chi connectivity index (χ2v) is 3.68. The largest absolute Gasteiger partial charge is 0.366 e. The van der Waals surface area contributed by atoms with Crippen LogP contribution in [-0.2, 0) is 0 Å². The number of hydrogen-bond donors (Lipinski definition) is 2. The van der Waals surface area contributed by atoms with Crippen molar-refractivity contribution in [2.75, 3.05) is 11.9 Å². The third kappa shape index (κ3) is 3.36. The summed E-state index contributed by atoms with van der Waals surface area (Å²) < 4.78 is 0. The van der Waals surface area contributed by atoms with Gasteiger partial charge in [0.2, 0.25) is 5.91 Å². The molecule has 0 aliphatic rings. The molecular formula is C10H11BrN2O2. The van der Waals surface area contributed by atoms with E-state index in [9.17, 15) is 9.59 Å². The average molecular weight is 271 g/mol. The second-order valence-electron chi connectivity index (χ2n) is 2.89. The lowest BCUT2D eigenvalue weighted by molar-refractivity contribution is 0.0953. The maximum Gasteiger partial charge on any atom is 0.251 e. The average Bonchev–Trinajstić information content (AvgIpc) is 2.26. The third-order valence-electron chi connectivity index (χ3n) is 1.81. The summed E-state index contributed by atoms with van der Waals surface area (Å²) >= 11 is 3.21. The highest BCUT2D eigenvalue weighted by molar-refractivity contribution is 9.09. The van der Waals surface area contributed by atoms with Crippen molar-refractivity contribution in [2.45, 2.75) is 0 Å². The fourth-order valence-electron chi connectivity index (χ4n) is 1.05. The number of halogens is 1. The molecule has 80 valence electrons. The smallest absolute Gasteiger partial charge is 0.251 e. The number of benzene rings is 1. The monoisotopic (exact) mass is 270 g/mol. The first kappa shape index (κ1) is 11.7. The molecule has 0 radical (unpaired) electrons. The van der Waals surface area contributed by atoms with E-state index < -0.39 is 5.91 Å². The van der Waals surface area contributed by atoms with E-state index in [1.807, 2.05) is 0 Å². The zero-order chi connectivity index (χ0) is 11.3. The molecule has 0 saturated heterocycles. The molecule has 1 rings (SSSR count). The molecule has 1 aromatic rings. The third-order valence-corrected chi connectivity index (χ3v) is 2.21. The number of rotatable bonds is 4. The van der Waals surface area contributed by atoms with Crippen LogP contribution in [-0.4, -0.2) is 23.7 Å². The Kier molecular flexibility index (Phi) is 4.30. The van der Waals surface area contributed by atoms with Crippen molar-refractivity contribution in [1.29, 1.82) is 0 Å². The first-order valence-corrected chi connectivity index (χ1v) is 5.51. The highest BCUT2D eigenvalue weighted by Crippen LogP contribution is 2.03. The van der Waals surface area contributed by atoms with Crippen molar-refractivity contribution in [1.82, 2.24) is 5.32 Å². The van der Waals surface area contributed by atoms with Gasteiger partial charge in [-0.15, -0.1) is 0 Å². The summed E-state index contributed by atoms with van der Waals surface area (Å²) in [5, 5.41) is 3.40. The lowest BCUT2D eigenvalue weighted by Crippen LogP contribution is -2.25. The maximum absolute atomic E-state index is 11.4. The molecule has 4 nitrogen and oxygen atoms in total. The molecule has 2 amide bonds. The molecule has 0 aliphatic carbocycles. The van der Waals surface area contributed by atoms with Crippen molar-refractivity contribution in [3.8, 4) is 0 Å². The Hall–Kier alpha value is -1.36. The van der Waals surface area contributed by atoms with Gasteiger partial charge in [0.1, 0.15) is 0 Å². The first-order chi connectivity index (χ1) is 7.15. The topological polar surface area (TPSA) is 72.2 Å². The van der Waals surface area contributed by atoms with Gasteiger partial charge in [0.05, 0.1) is 0 Å². The van der Waals surface area contributed by atoms with E-state index in [1.54, 1.807) is 12.1 Å². The van der Waals surface area contributed by atoms with Gasteiger partial charge in [0.25, 0.3) is 5.91 Å². The van der Waals surface area contributed by atoms with Crippen LogP contribution in [0.2, 0.25) is 0 Å². The second kappa shape index (κ2) is 5.50. The number of primary amides is 1. The van der Waals surface area contributed by atoms with Gasteiger partial charge in [-0.3, -0.25) is 9.59 Å². The van der Waals surface area contributed by atoms with Crippen molar-refractivity contribution in [2.24, 2.45) is 5.73 Å². The minimum Gasteiger partial charge on any atom is -0.366 e. The number of amides is 2. The lowest BCUT2D eigenvalue weighted by Gasteiger charge is -2.03. The molecule has 0 heterocycles. The van der Waals surface area contributed by atoms with Crippen LogP contribution in [0.1, 0.15) is 20.7 Å². The predicted octanol–water partition coefficient (Wildman–Crippen LogP) is 0.910. The minimum atomic E-state index is -0.498. The van der Waals surface area contributed by atoms with E-state index in [1.165, 1.54) is 12.1 Å². The summed E-state index contributed by atoms with van der Waals surface area (Å²) in [7, 11) is 0. The fraction of sp³-hybridized carbons (Fsp3) is 0.200. The molecule has 1 aromatic carbocycles. The zero-order valence-corrected chi connectivity index (χ0v) is 9.58. The Bertz CT molecular complexity index is 362. The normalized spacial score (nSPS) is 9.67. The minimum absolute atomic E-state index is 0.162. The quantitative estimate of drug-likeness (QED) is 0.799. The summed E-state index contributed by atoms with van der Waals surface area (Å²) in [5.41, 5.74) is 5.98. The molecular weight excluding hydrogens is 260 g/mol. The fourth-order valence-corrected chi connectivity index (χ4v) is 1.25. The van der Waals surface area contributed by atoms with Gasteiger partial charge in [-0.2, -0.15) is 0 Å². The summed E-state index contributed by atoms with van der Waals surface area (Å²) in [6.07, 6.45) is 0. The van der Waals surface area contributed by atoms with E-state index in [0.29, 0.717) is 23.0 Å². The molecule has 0 atom stereocenters. The first-order valence-electron chi connectivity index (χ1n) is 4.39. The number of nitrogens with two attached hydrogens (primary N) is 1. The Morgan fingerprint density at radius 1 is 1.20 bits per heavy atom.